The molecule has 0 radical (unpaired) electrons. The number of likely N-dealkylation sites (N-methyl/N-ethyl adjacent to an activating group) is 1. The van der Waals surface area contributed by atoms with E-state index in [1.807, 2.05) is 40.9 Å². The SMILES string of the molecule is COc1cccc(NC(=O)c2ccc3nnc(C4CN(Cc5ccccc5)CCN4C)n3c2)c1.O=C(O)C(F)(F)F.O=C(O)C(F)(F)F. The topological polar surface area (TPSA) is 150 Å². The van der Waals surface area contributed by atoms with Crippen molar-refractivity contribution in [3.05, 3.63) is 89.9 Å². The van der Waals surface area contributed by atoms with Crippen LogP contribution in [0.15, 0.2) is 72.9 Å². The summed E-state index contributed by atoms with van der Waals surface area (Å²) in [4.78, 5) is 35.5. The number of nitrogens with zero attached hydrogens (tertiary/aromatic N) is 5. The number of piperazine rings is 1. The third kappa shape index (κ3) is 10.7. The number of hydrogen-bond donors (Lipinski definition) is 3. The number of carboxylic acid groups (broad SMARTS) is 2. The first-order valence-electron chi connectivity index (χ1n) is 13.9. The molecule has 2 aromatic carbocycles. The van der Waals surface area contributed by atoms with E-state index in [-0.39, 0.29) is 11.9 Å². The number of anilines is 1. The molecule has 1 fully saturated rings. The molecule has 1 atom stereocenters. The van der Waals surface area contributed by atoms with Crippen LogP contribution < -0.4 is 10.1 Å². The van der Waals surface area contributed by atoms with Crippen LogP contribution >= 0.6 is 0 Å². The minimum atomic E-state index is -5.08. The molecule has 0 bridgehead atoms. The van der Waals surface area contributed by atoms with E-state index in [1.54, 1.807) is 19.2 Å². The minimum Gasteiger partial charge on any atom is -0.497 e. The highest BCUT2D eigenvalue weighted by molar-refractivity contribution is 6.04. The number of alkyl halides is 6. The Morgan fingerprint density at radius 2 is 1.52 bits per heavy atom. The van der Waals surface area contributed by atoms with Gasteiger partial charge in [-0.05, 0) is 36.9 Å². The van der Waals surface area contributed by atoms with Gasteiger partial charge < -0.3 is 20.3 Å². The lowest BCUT2D eigenvalue weighted by Crippen LogP contribution is -2.46. The van der Waals surface area contributed by atoms with Gasteiger partial charge in [0, 0.05) is 44.1 Å². The molecule has 0 spiro atoms. The van der Waals surface area contributed by atoms with Crippen molar-refractivity contribution in [1.82, 2.24) is 24.4 Å². The standard InChI is InChI=1S/C26H28N6O2.2C2HF3O2/c1-30-13-14-31(16-19-7-4-3-5-8-19)18-23(30)25-29-28-24-12-11-20(17-32(24)25)26(33)27-21-9-6-10-22(15-21)34-2;2*3-2(4,5)1(6)7/h3-12,15,17,23H,13-14,16,18H2,1-2H3,(H,27,33);2*(H,6,7). The number of benzene rings is 2. The van der Waals surface area contributed by atoms with E-state index < -0.39 is 24.3 Å². The van der Waals surface area contributed by atoms with Gasteiger partial charge in [-0.2, -0.15) is 26.3 Å². The van der Waals surface area contributed by atoms with Crippen LogP contribution in [0.1, 0.15) is 27.8 Å². The fraction of sp³-hybridized carbons (Fsp3) is 0.300. The molecule has 1 amide bonds. The zero-order chi connectivity index (χ0) is 35.6. The molecule has 12 nitrogen and oxygen atoms in total. The lowest BCUT2D eigenvalue weighted by atomic mass is 10.1. The largest absolute Gasteiger partial charge is 0.497 e. The number of ether oxygens (including phenoxy) is 1. The molecule has 3 heterocycles. The maximum atomic E-state index is 13.0. The number of carbonyl (C=O) groups excluding carboxylic acids is 1. The molecule has 4 aromatic rings. The van der Waals surface area contributed by atoms with Gasteiger partial charge in [-0.25, -0.2) is 9.59 Å². The number of rotatable bonds is 6. The fourth-order valence-corrected chi connectivity index (χ4v) is 4.37. The van der Waals surface area contributed by atoms with Crippen molar-refractivity contribution < 1.29 is 55.7 Å². The summed E-state index contributed by atoms with van der Waals surface area (Å²) in [7, 11) is 3.72. The smallest absolute Gasteiger partial charge is 0.490 e. The molecule has 18 heteroatoms. The first-order chi connectivity index (χ1) is 22.5. The number of fused-ring (bicyclic) bond motifs is 1. The number of carboxylic acids is 2. The zero-order valence-electron chi connectivity index (χ0n) is 25.4. The molecule has 0 aliphatic carbocycles. The fourth-order valence-electron chi connectivity index (χ4n) is 4.37. The summed E-state index contributed by atoms with van der Waals surface area (Å²) in [5.41, 5.74) is 3.24. The van der Waals surface area contributed by atoms with Crippen molar-refractivity contribution in [3.63, 3.8) is 0 Å². The molecule has 48 heavy (non-hydrogen) atoms. The first kappa shape index (κ1) is 37.2. The van der Waals surface area contributed by atoms with Crippen LogP contribution in [-0.2, 0) is 16.1 Å². The maximum absolute atomic E-state index is 13.0. The van der Waals surface area contributed by atoms with E-state index >= 15 is 0 Å². The number of amides is 1. The van der Waals surface area contributed by atoms with Gasteiger partial charge in [0.1, 0.15) is 5.75 Å². The highest BCUT2D eigenvalue weighted by atomic mass is 19.4. The number of methoxy groups -OCH3 is 1. The molecule has 1 aliphatic rings. The Hall–Kier alpha value is -5.23. The van der Waals surface area contributed by atoms with E-state index in [0.717, 1.165) is 37.7 Å². The normalized spacial score (nSPS) is 15.4. The summed E-state index contributed by atoms with van der Waals surface area (Å²) in [5, 5.41) is 26.1. The highest BCUT2D eigenvalue weighted by Gasteiger charge is 2.39. The molecular weight excluding hydrogens is 654 g/mol. The number of pyridine rings is 1. The van der Waals surface area contributed by atoms with E-state index in [9.17, 15) is 31.1 Å². The van der Waals surface area contributed by atoms with Crippen LogP contribution in [-0.4, -0.2) is 98.6 Å². The minimum absolute atomic E-state index is 0.0733. The molecule has 1 saturated heterocycles. The summed E-state index contributed by atoms with van der Waals surface area (Å²) in [6, 6.07) is 21.5. The Balaban J connectivity index is 0.000000376. The maximum Gasteiger partial charge on any atom is 0.490 e. The van der Waals surface area contributed by atoms with Crippen LogP contribution in [0.4, 0.5) is 32.0 Å². The second-order valence-corrected chi connectivity index (χ2v) is 10.2. The molecule has 0 saturated carbocycles. The number of carbonyl (C=O) groups is 3. The molecule has 1 aliphatic heterocycles. The number of nitrogens with one attached hydrogen (secondary N) is 1. The lowest BCUT2D eigenvalue weighted by molar-refractivity contribution is -0.193. The predicted octanol–water partition coefficient (Wildman–Crippen LogP) is 4.75. The van der Waals surface area contributed by atoms with Gasteiger partial charge in [-0.3, -0.25) is 19.0 Å². The van der Waals surface area contributed by atoms with Crippen LogP contribution in [0.3, 0.4) is 0 Å². The lowest BCUT2D eigenvalue weighted by Gasteiger charge is -2.38. The third-order valence-electron chi connectivity index (χ3n) is 6.78. The monoisotopic (exact) mass is 684 g/mol. The van der Waals surface area contributed by atoms with E-state index in [0.29, 0.717) is 17.0 Å². The summed E-state index contributed by atoms with van der Waals surface area (Å²) in [6.07, 6.45) is -8.34. The second-order valence-electron chi connectivity index (χ2n) is 10.2. The second kappa shape index (κ2) is 16.1. The quantitative estimate of drug-likeness (QED) is 0.243. The van der Waals surface area contributed by atoms with Gasteiger partial charge in [-0.15, -0.1) is 10.2 Å². The van der Waals surface area contributed by atoms with Crippen LogP contribution in [0.5, 0.6) is 5.75 Å². The molecule has 1 unspecified atom stereocenters. The highest BCUT2D eigenvalue weighted by Crippen LogP contribution is 2.25. The zero-order valence-corrected chi connectivity index (χ0v) is 25.4. The van der Waals surface area contributed by atoms with Crippen LogP contribution in [0.25, 0.3) is 5.65 Å². The third-order valence-corrected chi connectivity index (χ3v) is 6.78. The van der Waals surface area contributed by atoms with E-state index in [4.69, 9.17) is 24.5 Å². The predicted molar refractivity (Wildman–Crippen MR) is 158 cm³/mol. The van der Waals surface area contributed by atoms with Gasteiger partial charge >= 0.3 is 24.3 Å². The molecular formula is C30H30F6N6O6. The van der Waals surface area contributed by atoms with Crippen molar-refractivity contribution >= 4 is 29.2 Å². The Labute approximate surface area is 269 Å². The van der Waals surface area contributed by atoms with Gasteiger partial charge in [0.15, 0.2) is 11.5 Å². The summed E-state index contributed by atoms with van der Waals surface area (Å²) in [6.45, 7) is 3.66. The molecule has 5 rings (SSSR count). The number of aromatic nitrogens is 3. The Morgan fingerprint density at radius 1 is 0.896 bits per heavy atom. The van der Waals surface area contributed by atoms with Crippen LogP contribution in [0.2, 0.25) is 0 Å². The number of hydrogen-bond acceptors (Lipinski definition) is 8. The summed E-state index contributed by atoms with van der Waals surface area (Å²) < 4.78 is 70.7. The average molecular weight is 685 g/mol. The van der Waals surface area contributed by atoms with Crippen molar-refractivity contribution in [1.29, 1.82) is 0 Å². The van der Waals surface area contributed by atoms with Crippen molar-refractivity contribution in [2.45, 2.75) is 24.9 Å². The van der Waals surface area contributed by atoms with Gasteiger partial charge in [-0.1, -0.05) is 36.4 Å². The van der Waals surface area contributed by atoms with E-state index in [2.05, 4.69) is 56.6 Å². The summed E-state index contributed by atoms with van der Waals surface area (Å²) >= 11 is 0. The molecule has 2 aromatic heterocycles. The van der Waals surface area contributed by atoms with Crippen LogP contribution in [0, 0.1) is 0 Å². The van der Waals surface area contributed by atoms with Crippen molar-refractivity contribution in [2.24, 2.45) is 0 Å². The Kier molecular flexibility index (Phi) is 12.4. The average Bonchev–Trinajstić information content (AvgIpc) is 3.45. The van der Waals surface area contributed by atoms with E-state index in [1.165, 1.54) is 5.56 Å². The molecule has 3 N–H and O–H groups in total. The Bertz CT molecular complexity index is 1680. The number of aliphatic carboxylic acids is 2. The first-order valence-corrected chi connectivity index (χ1v) is 13.9. The number of halogens is 6. The molecule has 258 valence electrons. The van der Waals surface area contributed by atoms with Gasteiger partial charge in [0.25, 0.3) is 5.91 Å². The van der Waals surface area contributed by atoms with Crippen molar-refractivity contribution in [3.8, 4) is 5.75 Å². The van der Waals surface area contributed by atoms with Gasteiger partial charge in [0.2, 0.25) is 0 Å². The van der Waals surface area contributed by atoms with Crippen molar-refractivity contribution in [2.75, 3.05) is 39.1 Å². The van der Waals surface area contributed by atoms with Gasteiger partial charge in [0.05, 0.1) is 18.7 Å². The summed E-state index contributed by atoms with van der Waals surface area (Å²) in [5.74, 6) is -4.18. The Morgan fingerprint density at radius 3 is 2.10 bits per heavy atom.